The van der Waals surface area contributed by atoms with Crippen molar-refractivity contribution in [1.82, 2.24) is 9.80 Å². The summed E-state index contributed by atoms with van der Waals surface area (Å²) in [5.41, 5.74) is 0. The first kappa shape index (κ1) is 14.6. The van der Waals surface area contributed by atoms with Gasteiger partial charge in [-0.2, -0.15) is 0 Å². The van der Waals surface area contributed by atoms with Crippen LogP contribution in [0.5, 0.6) is 0 Å². The second-order valence-corrected chi connectivity index (χ2v) is 5.57. The van der Waals surface area contributed by atoms with E-state index in [1.165, 1.54) is 6.08 Å². The van der Waals surface area contributed by atoms with Crippen molar-refractivity contribution in [3.05, 3.63) is 12.7 Å². The molecule has 2 aliphatic rings. The van der Waals surface area contributed by atoms with Crippen molar-refractivity contribution >= 4 is 11.8 Å². The molecular weight excluding hydrogens is 252 g/mol. The van der Waals surface area contributed by atoms with E-state index in [0.29, 0.717) is 19.0 Å². The molecule has 0 bridgehead atoms. The number of hydrogen-bond acceptors (Lipinski definition) is 2. The van der Waals surface area contributed by atoms with Gasteiger partial charge in [0, 0.05) is 38.0 Å². The van der Waals surface area contributed by atoms with Crippen LogP contribution in [0.1, 0.15) is 25.7 Å². The average Bonchev–Trinajstić information content (AvgIpc) is 2.53. The summed E-state index contributed by atoms with van der Waals surface area (Å²) in [4.78, 5) is 27.7. The first-order valence-electron chi connectivity index (χ1n) is 7.32. The standard InChI is InChI=1S/C16H22N2O2/c1-3-13-5-9-18(10-6-13)16(20)14-7-11-17(12-8-14)15(19)4-2/h1,4,13-14H,2,5-12H2. The van der Waals surface area contributed by atoms with E-state index in [2.05, 4.69) is 12.5 Å². The third-order valence-corrected chi connectivity index (χ3v) is 4.37. The minimum Gasteiger partial charge on any atom is -0.342 e. The number of amides is 2. The van der Waals surface area contributed by atoms with E-state index in [1.807, 2.05) is 4.90 Å². The van der Waals surface area contributed by atoms with Gasteiger partial charge in [0.15, 0.2) is 0 Å². The second kappa shape index (κ2) is 6.60. The Morgan fingerprint density at radius 3 is 2.10 bits per heavy atom. The Hall–Kier alpha value is -1.76. The molecule has 0 atom stereocenters. The molecule has 2 amide bonds. The van der Waals surface area contributed by atoms with Crippen LogP contribution >= 0.6 is 0 Å². The summed E-state index contributed by atoms with van der Waals surface area (Å²) < 4.78 is 0. The van der Waals surface area contributed by atoms with Gasteiger partial charge in [0.1, 0.15) is 0 Å². The minimum atomic E-state index is -0.0364. The topological polar surface area (TPSA) is 40.6 Å². The van der Waals surface area contributed by atoms with E-state index < -0.39 is 0 Å². The van der Waals surface area contributed by atoms with Gasteiger partial charge in [-0.15, -0.1) is 12.3 Å². The number of terminal acetylenes is 1. The fourth-order valence-electron chi connectivity index (χ4n) is 3.00. The normalized spacial score (nSPS) is 21.4. The van der Waals surface area contributed by atoms with Crippen molar-refractivity contribution in [2.45, 2.75) is 25.7 Å². The Balaban J connectivity index is 1.82. The van der Waals surface area contributed by atoms with Gasteiger partial charge in [-0.1, -0.05) is 6.58 Å². The zero-order valence-corrected chi connectivity index (χ0v) is 11.9. The molecule has 0 saturated carbocycles. The highest BCUT2D eigenvalue weighted by Crippen LogP contribution is 2.23. The highest BCUT2D eigenvalue weighted by Gasteiger charge is 2.31. The van der Waals surface area contributed by atoms with E-state index in [-0.39, 0.29) is 17.7 Å². The summed E-state index contributed by atoms with van der Waals surface area (Å²) in [5, 5.41) is 0. The molecule has 0 aromatic rings. The third-order valence-electron chi connectivity index (χ3n) is 4.37. The molecule has 20 heavy (non-hydrogen) atoms. The van der Waals surface area contributed by atoms with Crippen LogP contribution in [0.3, 0.4) is 0 Å². The van der Waals surface area contributed by atoms with Gasteiger partial charge < -0.3 is 9.80 Å². The predicted molar refractivity (Wildman–Crippen MR) is 77.6 cm³/mol. The van der Waals surface area contributed by atoms with Gasteiger partial charge in [-0.05, 0) is 31.8 Å². The van der Waals surface area contributed by atoms with Crippen molar-refractivity contribution in [3.8, 4) is 12.3 Å². The van der Waals surface area contributed by atoms with Crippen molar-refractivity contribution < 1.29 is 9.59 Å². The Morgan fingerprint density at radius 2 is 1.60 bits per heavy atom. The molecule has 2 saturated heterocycles. The van der Waals surface area contributed by atoms with E-state index in [0.717, 1.165) is 38.8 Å². The maximum absolute atomic E-state index is 12.4. The lowest BCUT2D eigenvalue weighted by Gasteiger charge is -2.36. The fraction of sp³-hybridized carbons (Fsp3) is 0.625. The summed E-state index contributed by atoms with van der Waals surface area (Å²) in [5.74, 6) is 3.37. The number of likely N-dealkylation sites (tertiary alicyclic amines) is 2. The van der Waals surface area contributed by atoms with Crippen molar-refractivity contribution in [2.24, 2.45) is 11.8 Å². The summed E-state index contributed by atoms with van der Waals surface area (Å²) >= 11 is 0. The van der Waals surface area contributed by atoms with Crippen LogP contribution in [0.4, 0.5) is 0 Å². The Kier molecular flexibility index (Phi) is 4.84. The highest BCUT2D eigenvalue weighted by atomic mass is 16.2. The fourth-order valence-corrected chi connectivity index (χ4v) is 3.00. The van der Waals surface area contributed by atoms with Crippen molar-refractivity contribution in [2.75, 3.05) is 26.2 Å². The molecule has 2 fully saturated rings. The third kappa shape index (κ3) is 3.22. The van der Waals surface area contributed by atoms with Gasteiger partial charge in [0.05, 0.1) is 0 Å². The molecule has 4 heteroatoms. The van der Waals surface area contributed by atoms with E-state index in [4.69, 9.17) is 6.42 Å². The summed E-state index contributed by atoms with van der Waals surface area (Å²) in [7, 11) is 0. The van der Waals surface area contributed by atoms with Crippen LogP contribution in [0.2, 0.25) is 0 Å². The monoisotopic (exact) mass is 274 g/mol. The molecule has 0 radical (unpaired) electrons. The summed E-state index contributed by atoms with van der Waals surface area (Å²) in [6.07, 6.45) is 10.1. The van der Waals surface area contributed by atoms with Gasteiger partial charge in [0.2, 0.25) is 11.8 Å². The van der Waals surface area contributed by atoms with Gasteiger partial charge in [0.25, 0.3) is 0 Å². The lowest BCUT2D eigenvalue weighted by molar-refractivity contribution is -0.140. The molecule has 0 aromatic heterocycles. The molecular formula is C16H22N2O2. The maximum Gasteiger partial charge on any atom is 0.245 e. The van der Waals surface area contributed by atoms with Gasteiger partial charge in [-0.25, -0.2) is 0 Å². The number of hydrogen-bond donors (Lipinski definition) is 0. The molecule has 2 aliphatic heterocycles. The predicted octanol–water partition coefficient (Wildman–Crippen LogP) is 1.28. The lowest BCUT2D eigenvalue weighted by atomic mass is 9.92. The smallest absolute Gasteiger partial charge is 0.245 e. The summed E-state index contributed by atoms with van der Waals surface area (Å²) in [6, 6.07) is 0. The Bertz CT molecular complexity index is 422. The van der Waals surface area contributed by atoms with Crippen LogP contribution in [0.25, 0.3) is 0 Å². The quantitative estimate of drug-likeness (QED) is 0.562. The van der Waals surface area contributed by atoms with Crippen LogP contribution in [-0.4, -0.2) is 47.8 Å². The molecule has 0 aliphatic carbocycles. The Morgan fingerprint density at radius 1 is 1.05 bits per heavy atom. The molecule has 0 aromatic carbocycles. The second-order valence-electron chi connectivity index (χ2n) is 5.57. The van der Waals surface area contributed by atoms with Crippen molar-refractivity contribution in [3.63, 3.8) is 0 Å². The Labute approximate surface area is 120 Å². The summed E-state index contributed by atoms with van der Waals surface area (Å²) in [6.45, 7) is 6.36. The van der Waals surface area contributed by atoms with E-state index in [9.17, 15) is 9.59 Å². The molecule has 2 rings (SSSR count). The van der Waals surface area contributed by atoms with Crippen LogP contribution < -0.4 is 0 Å². The number of carbonyl (C=O) groups is 2. The molecule has 108 valence electrons. The van der Waals surface area contributed by atoms with E-state index >= 15 is 0 Å². The molecule has 0 spiro atoms. The number of rotatable bonds is 2. The molecule has 0 unspecified atom stereocenters. The van der Waals surface area contributed by atoms with Crippen LogP contribution in [0.15, 0.2) is 12.7 Å². The highest BCUT2D eigenvalue weighted by molar-refractivity contribution is 5.87. The van der Waals surface area contributed by atoms with Gasteiger partial charge >= 0.3 is 0 Å². The number of piperidine rings is 2. The number of carbonyl (C=O) groups excluding carboxylic acids is 2. The first-order chi connectivity index (χ1) is 9.65. The average molecular weight is 274 g/mol. The zero-order chi connectivity index (χ0) is 14.5. The lowest BCUT2D eigenvalue weighted by Crippen LogP contribution is -2.46. The van der Waals surface area contributed by atoms with Crippen LogP contribution in [0, 0.1) is 24.2 Å². The SMILES string of the molecule is C#CC1CCN(C(=O)C2CCN(C(=O)C=C)CC2)CC1. The molecule has 0 N–H and O–H groups in total. The first-order valence-corrected chi connectivity index (χ1v) is 7.32. The maximum atomic E-state index is 12.4. The van der Waals surface area contributed by atoms with Gasteiger partial charge in [-0.3, -0.25) is 9.59 Å². The minimum absolute atomic E-state index is 0.0364. The molecule has 4 nitrogen and oxygen atoms in total. The molecule has 2 heterocycles. The zero-order valence-electron chi connectivity index (χ0n) is 11.9. The van der Waals surface area contributed by atoms with Crippen molar-refractivity contribution in [1.29, 1.82) is 0 Å². The van der Waals surface area contributed by atoms with Crippen LogP contribution in [-0.2, 0) is 9.59 Å². The van der Waals surface area contributed by atoms with E-state index in [1.54, 1.807) is 4.90 Å². The largest absolute Gasteiger partial charge is 0.342 e. The number of nitrogens with zero attached hydrogens (tertiary/aromatic N) is 2.